The molecule has 1 aliphatic heterocycles. The molecule has 0 aliphatic carbocycles. The van der Waals surface area contributed by atoms with Crippen LogP contribution in [0.2, 0.25) is 0 Å². The molecule has 4 heteroatoms. The van der Waals surface area contributed by atoms with Crippen molar-refractivity contribution in [3.8, 4) is 5.75 Å². The van der Waals surface area contributed by atoms with E-state index >= 15 is 0 Å². The van der Waals surface area contributed by atoms with Crippen molar-refractivity contribution in [2.75, 3.05) is 24.6 Å². The predicted molar refractivity (Wildman–Crippen MR) is 89.2 cm³/mol. The molecule has 0 atom stereocenters. The van der Waals surface area contributed by atoms with E-state index in [4.69, 9.17) is 4.74 Å². The molecule has 0 fully saturated rings. The van der Waals surface area contributed by atoms with E-state index in [2.05, 4.69) is 33.1 Å². The molecule has 3 rings (SSSR count). The number of aromatic nitrogens is 2. The number of anilines is 1. The van der Waals surface area contributed by atoms with Gasteiger partial charge in [0.2, 0.25) is 0 Å². The summed E-state index contributed by atoms with van der Waals surface area (Å²) in [6.45, 7) is 6.52. The van der Waals surface area contributed by atoms with Crippen molar-refractivity contribution in [2.24, 2.45) is 0 Å². The number of nitrogens with zero attached hydrogens (tertiary/aromatic N) is 3. The van der Waals surface area contributed by atoms with Crippen molar-refractivity contribution in [1.29, 1.82) is 0 Å². The van der Waals surface area contributed by atoms with Crippen LogP contribution < -0.4 is 9.64 Å². The maximum Gasteiger partial charge on any atom is 0.147 e. The van der Waals surface area contributed by atoms with Gasteiger partial charge in [-0.3, -0.25) is 4.98 Å². The molecule has 1 aromatic carbocycles. The van der Waals surface area contributed by atoms with E-state index in [1.165, 1.54) is 11.1 Å². The highest BCUT2D eigenvalue weighted by Crippen LogP contribution is 2.26. The van der Waals surface area contributed by atoms with Crippen LogP contribution in [0, 0.1) is 6.92 Å². The Labute approximate surface area is 131 Å². The predicted octanol–water partition coefficient (Wildman–Crippen LogP) is 3.48. The van der Waals surface area contributed by atoms with Crippen molar-refractivity contribution in [3.05, 3.63) is 54.0 Å². The third-order valence-corrected chi connectivity index (χ3v) is 3.81. The molecule has 0 spiro atoms. The number of aryl methyl sites for hydroxylation is 1. The molecule has 1 aliphatic rings. The molecule has 0 N–H and O–H groups in total. The van der Waals surface area contributed by atoms with E-state index < -0.39 is 0 Å². The van der Waals surface area contributed by atoms with Gasteiger partial charge >= 0.3 is 0 Å². The lowest BCUT2D eigenvalue weighted by molar-refractivity contribution is 0.340. The number of ether oxygens (including phenoxy) is 1. The van der Waals surface area contributed by atoms with Crippen LogP contribution in [-0.4, -0.2) is 29.7 Å². The van der Waals surface area contributed by atoms with Gasteiger partial charge in [-0.2, -0.15) is 0 Å². The molecule has 4 nitrogen and oxygen atoms in total. The summed E-state index contributed by atoms with van der Waals surface area (Å²) in [7, 11) is 0. The molecule has 0 saturated carbocycles. The number of benzene rings is 1. The van der Waals surface area contributed by atoms with Gasteiger partial charge < -0.3 is 9.64 Å². The zero-order valence-corrected chi connectivity index (χ0v) is 13.1. The molecule has 22 heavy (non-hydrogen) atoms. The SMILES string of the molecule is CCOc1ccc(C2=CCN(c3cncc(C)n3)CC2)cc1. The Morgan fingerprint density at radius 1 is 1.18 bits per heavy atom. The van der Waals surface area contributed by atoms with Gasteiger partial charge in [-0.05, 0) is 43.5 Å². The fraction of sp³-hybridized carbons (Fsp3) is 0.333. The second-order valence-corrected chi connectivity index (χ2v) is 5.40. The third kappa shape index (κ3) is 3.27. The van der Waals surface area contributed by atoms with Gasteiger partial charge in [-0.15, -0.1) is 0 Å². The molecule has 0 unspecified atom stereocenters. The molecule has 0 amide bonds. The minimum Gasteiger partial charge on any atom is -0.494 e. The average molecular weight is 295 g/mol. The molecule has 0 radical (unpaired) electrons. The van der Waals surface area contributed by atoms with Crippen molar-refractivity contribution < 1.29 is 4.74 Å². The van der Waals surface area contributed by atoms with Crippen molar-refractivity contribution in [3.63, 3.8) is 0 Å². The zero-order chi connectivity index (χ0) is 15.4. The second-order valence-electron chi connectivity index (χ2n) is 5.40. The molecule has 114 valence electrons. The number of hydrogen-bond donors (Lipinski definition) is 0. The largest absolute Gasteiger partial charge is 0.494 e. The molecule has 2 heterocycles. The van der Waals surface area contributed by atoms with Crippen LogP contribution >= 0.6 is 0 Å². The summed E-state index contributed by atoms with van der Waals surface area (Å²) in [4.78, 5) is 11.0. The van der Waals surface area contributed by atoms with Crippen LogP contribution in [0.25, 0.3) is 5.57 Å². The van der Waals surface area contributed by atoms with Gasteiger partial charge in [0.05, 0.1) is 18.5 Å². The molecular formula is C18H21N3O. The molecular weight excluding hydrogens is 274 g/mol. The van der Waals surface area contributed by atoms with Crippen LogP contribution in [0.15, 0.2) is 42.7 Å². The molecule has 0 saturated heterocycles. The average Bonchev–Trinajstić information content (AvgIpc) is 2.56. The molecule has 0 bridgehead atoms. The summed E-state index contributed by atoms with van der Waals surface area (Å²) >= 11 is 0. The Hall–Kier alpha value is -2.36. The van der Waals surface area contributed by atoms with Gasteiger partial charge in [0, 0.05) is 19.3 Å². The fourth-order valence-electron chi connectivity index (χ4n) is 2.67. The summed E-state index contributed by atoms with van der Waals surface area (Å²) in [5.41, 5.74) is 3.62. The first-order valence-corrected chi connectivity index (χ1v) is 7.72. The third-order valence-electron chi connectivity index (χ3n) is 3.81. The number of rotatable bonds is 4. The smallest absolute Gasteiger partial charge is 0.147 e. The topological polar surface area (TPSA) is 38.2 Å². The minimum absolute atomic E-state index is 0.703. The van der Waals surface area contributed by atoms with Crippen LogP contribution in [0.3, 0.4) is 0 Å². The lowest BCUT2D eigenvalue weighted by atomic mass is 9.99. The van der Waals surface area contributed by atoms with Gasteiger partial charge in [0.25, 0.3) is 0 Å². The summed E-state index contributed by atoms with van der Waals surface area (Å²) in [6.07, 6.45) is 6.92. The van der Waals surface area contributed by atoms with Crippen LogP contribution in [0.4, 0.5) is 5.82 Å². The minimum atomic E-state index is 0.703. The maximum absolute atomic E-state index is 5.49. The first-order chi connectivity index (χ1) is 10.8. The highest BCUT2D eigenvalue weighted by molar-refractivity contribution is 5.68. The van der Waals surface area contributed by atoms with Crippen molar-refractivity contribution in [1.82, 2.24) is 9.97 Å². The van der Waals surface area contributed by atoms with E-state index in [1.807, 2.05) is 32.2 Å². The summed E-state index contributed by atoms with van der Waals surface area (Å²) in [6, 6.07) is 8.36. The monoisotopic (exact) mass is 295 g/mol. The fourth-order valence-corrected chi connectivity index (χ4v) is 2.67. The van der Waals surface area contributed by atoms with Gasteiger partial charge in [0.15, 0.2) is 0 Å². The van der Waals surface area contributed by atoms with E-state index in [9.17, 15) is 0 Å². The van der Waals surface area contributed by atoms with Crippen molar-refractivity contribution in [2.45, 2.75) is 20.3 Å². The Morgan fingerprint density at radius 2 is 2.00 bits per heavy atom. The van der Waals surface area contributed by atoms with Gasteiger partial charge in [0.1, 0.15) is 11.6 Å². The first kappa shape index (κ1) is 14.6. The molecule has 1 aromatic heterocycles. The summed E-state index contributed by atoms with van der Waals surface area (Å²) in [5.74, 6) is 1.89. The van der Waals surface area contributed by atoms with E-state index in [0.717, 1.165) is 36.8 Å². The second kappa shape index (κ2) is 6.60. The zero-order valence-electron chi connectivity index (χ0n) is 13.1. The summed E-state index contributed by atoms with van der Waals surface area (Å²) < 4.78 is 5.49. The van der Waals surface area contributed by atoms with Crippen LogP contribution in [-0.2, 0) is 0 Å². The van der Waals surface area contributed by atoms with Gasteiger partial charge in [-0.25, -0.2) is 4.98 Å². The lowest BCUT2D eigenvalue weighted by Crippen LogP contribution is -2.29. The first-order valence-electron chi connectivity index (χ1n) is 7.72. The highest BCUT2D eigenvalue weighted by atomic mass is 16.5. The normalized spacial score (nSPS) is 14.6. The Morgan fingerprint density at radius 3 is 2.64 bits per heavy atom. The van der Waals surface area contributed by atoms with Crippen molar-refractivity contribution >= 4 is 11.4 Å². The van der Waals surface area contributed by atoms with Crippen LogP contribution in [0.5, 0.6) is 5.75 Å². The quantitative estimate of drug-likeness (QED) is 0.865. The summed E-state index contributed by atoms with van der Waals surface area (Å²) in [5, 5.41) is 0. The standard InChI is InChI=1S/C18H21N3O/c1-3-22-17-6-4-15(5-7-17)16-8-10-21(11-9-16)18-13-19-12-14(2)20-18/h4-8,12-13H,3,9-11H2,1-2H3. The Balaban J connectivity index is 1.70. The van der Waals surface area contributed by atoms with E-state index in [-0.39, 0.29) is 0 Å². The lowest BCUT2D eigenvalue weighted by Gasteiger charge is -2.27. The maximum atomic E-state index is 5.49. The highest BCUT2D eigenvalue weighted by Gasteiger charge is 2.14. The van der Waals surface area contributed by atoms with E-state index in [0.29, 0.717) is 6.61 Å². The van der Waals surface area contributed by atoms with E-state index in [1.54, 1.807) is 6.20 Å². The molecule has 2 aromatic rings. The number of hydrogen-bond acceptors (Lipinski definition) is 4. The van der Waals surface area contributed by atoms with Crippen LogP contribution in [0.1, 0.15) is 24.6 Å². The Kier molecular flexibility index (Phi) is 4.37. The van der Waals surface area contributed by atoms with Gasteiger partial charge in [-0.1, -0.05) is 18.2 Å². The Bertz CT molecular complexity index is 664.